The second-order valence-corrected chi connectivity index (χ2v) is 11.4. The van der Waals surface area contributed by atoms with Gasteiger partial charge in [0.1, 0.15) is 0 Å². The SMILES string of the molecule is Cc1ccccc1[C@@H]1c2ccsc2CCN1CCC(=O)N1CCCN(C(=O)C(C)(C)CCl)CC1. The molecule has 184 valence electrons. The summed E-state index contributed by atoms with van der Waals surface area (Å²) in [4.78, 5) is 33.8. The molecule has 34 heavy (non-hydrogen) atoms. The van der Waals surface area contributed by atoms with Crippen molar-refractivity contribution in [2.45, 2.75) is 46.1 Å². The van der Waals surface area contributed by atoms with Gasteiger partial charge in [0, 0.05) is 56.4 Å². The molecule has 0 N–H and O–H groups in total. The average molecular weight is 502 g/mol. The molecule has 7 heteroatoms. The highest BCUT2D eigenvalue weighted by Gasteiger charge is 2.34. The lowest BCUT2D eigenvalue weighted by atomic mass is 9.90. The van der Waals surface area contributed by atoms with Gasteiger partial charge in [-0.1, -0.05) is 24.3 Å². The third-order valence-electron chi connectivity index (χ3n) is 7.21. The molecule has 2 aliphatic rings. The summed E-state index contributed by atoms with van der Waals surface area (Å²) in [6.45, 7) is 10.2. The molecule has 0 unspecified atom stereocenters. The summed E-state index contributed by atoms with van der Waals surface area (Å²) in [5, 5.41) is 2.19. The van der Waals surface area contributed by atoms with E-state index < -0.39 is 5.41 Å². The van der Waals surface area contributed by atoms with Crippen LogP contribution in [0, 0.1) is 12.3 Å². The fourth-order valence-electron chi connectivity index (χ4n) is 5.12. The van der Waals surface area contributed by atoms with E-state index in [4.69, 9.17) is 11.6 Å². The van der Waals surface area contributed by atoms with Gasteiger partial charge >= 0.3 is 0 Å². The largest absolute Gasteiger partial charge is 0.341 e. The maximum atomic E-state index is 13.2. The van der Waals surface area contributed by atoms with E-state index in [9.17, 15) is 9.59 Å². The highest BCUT2D eigenvalue weighted by atomic mass is 35.5. The predicted octanol–water partition coefficient (Wildman–Crippen LogP) is 4.72. The third kappa shape index (κ3) is 5.34. The van der Waals surface area contributed by atoms with Gasteiger partial charge in [-0.05, 0) is 61.7 Å². The number of nitrogens with zero attached hydrogens (tertiary/aromatic N) is 3. The van der Waals surface area contributed by atoms with Crippen molar-refractivity contribution in [1.29, 1.82) is 0 Å². The van der Waals surface area contributed by atoms with Crippen molar-refractivity contribution in [2.75, 3.05) is 45.1 Å². The monoisotopic (exact) mass is 501 g/mol. The van der Waals surface area contributed by atoms with Crippen LogP contribution in [0.5, 0.6) is 0 Å². The number of alkyl halides is 1. The third-order valence-corrected chi connectivity index (χ3v) is 8.88. The maximum absolute atomic E-state index is 13.2. The summed E-state index contributed by atoms with van der Waals surface area (Å²) < 4.78 is 0. The Bertz CT molecular complexity index is 1020. The number of amides is 2. The van der Waals surface area contributed by atoms with E-state index in [-0.39, 0.29) is 17.9 Å². The van der Waals surface area contributed by atoms with E-state index in [1.54, 1.807) is 0 Å². The highest BCUT2D eigenvalue weighted by Crippen LogP contribution is 2.38. The zero-order valence-electron chi connectivity index (χ0n) is 20.6. The number of carbonyl (C=O) groups is 2. The number of hydrogen-bond donors (Lipinski definition) is 0. The van der Waals surface area contributed by atoms with Crippen LogP contribution in [0.4, 0.5) is 0 Å². The first kappa shape index (κ1) is 25.2. The number of rotatable bonds is 6. The fourth-order valence-corrected chi connectivity index (χ4v) is 6.14. The molecule has 3 heterocycles. The number of benzene rings is 1. The van der Waals surface area contributed by atoms with Crippen LogP contribution in [0.1, 0.15) is 54.3 Å². The van der Waals surface area contributed by atoms with Crippen molar-refractivity contribution in [3.63, 3.8) is 0 Å². The van der Waals surface area contributed by atoms with E-state index in [2.05, 4.69) is 47.5 Å². The van der Waals surface area contributed by atoms with Crippen molar-refractivity contribution in [3.05, 3.63) is 57.3 Å². The number of fused-ring (bicyclic) bond motifs is 1. The summed E-state index contributed by atoms with van der Waals surface area (Å²) in [5.74, 6) is 0.567. The topological polar surface area (TPSA) is 43.9 Å². The zero-order chi connectivity index (χ0) is 24.3. The quantitative estimate of drug-likeness (QED) is 0.538. The molecular formula is C27H36ClN3O2S. The molecule has 1 saturated heterocycles. The van der Waals surface area contributed by atoms with Crippen LogP contribution in [0.2, 0.25) is 0 Å². The van der Waals surface area contributed by atoms with E-state index in [0.29, 0.717) is 38.5 Å². The summed E-state index contributed by atoms with van der Waals surface area (Å²) in [7, 11) is 0. The van der Waals surface area contributed by atoms with Crippen molar-refractivity contribution in [3.8, 4) is 0 Å². The highest BCUT2D eigenvalue weighted by molar-refractivity contribution is 7.10. The molecule has 2 aromatic rings. The molecule has 2 amide bonds. The van der Waals surface area contributed by atoms with Crippen LogP contribution >= 0.6 is 22.9 Å². The first-order valence-electron chi connectivity index (χ1n) is 12.3. The second kappa shape index (κ2) is 10.8. The molecule has 0 radical (unpaired) electrons. The molecule has 1 aromatic heterocycles. The molecule has 0 bridgehead atoms. The van der Waals surface area contributed by atoms with Gasteiger partial charge in [0.2, 0.25) is 11.8 Å². The molecule has 4 rings (SSSR count). The van der Waals surface area contributed by atoms with Crippen molar-refractivity contribution in [2.24, 2.45) is 5.41 Å². The van der Waals surface area contributed by atoms with E-state index in [1.165, 1.54) is 21.6 Å². The fraction of sp³-hybridized carbons (Fsp3) is 0.556. The van der Waals surface area contributed by atoms with Crippen molar-refractivity contribution >= 4 is 34.8 Å². The number of thiophene rings is 1. The molecule has 0 spiro atoms. The second-order valence-electron chi connectivity index (χ2n) is 10.1. The maximum Gasteiger partial charge on any atom is 0.229 e. The molecule has 2 aliphatic heterocycles. The lowest BCUT2D eigenvalue weighted by Crippen LogP contribution is -2.44. The number of carbonyl (C=O) groups excluding carboxylic acids is 2. The smallest absolute Gasteiger partial charge is 0.229 e. The summed E-state index contributed by atoms with van der Waals surface area (Å²) in [6, 6.07) is 11.1. The summed E-state index contributed by atoms with van der Waals surface area (Å²) in [6.07, 6.45) is 2.35. The van der Waals surface area contributed by atoms with Gasteiger partial charge in [0.05, 0.1) is 11.5 Å². The van der Waals surface area contributed by atoms with Gasteiger partial charge in [0.15, 0.2) is 0 Å². The van der Waals surface area contributed by atoms with Crippen LogP contribution in [0.3, 0.4) is 0 Å². The number of halogens is 1. The molecule has 0 aliphatic carbocycles. The normalized spacial score (nSPS) is 19.6. The first-order valence-corrected chi connectivity index (χ1v) is 13.7. The number of aryl methyl sites for hydroxylation is 1. The Morgan fingerprint density at radius 1 is 1.03 bits per heavy atom. The minimum absolute atomic E-state index is 0.0813. The summed E-state index contributed by atoms with van der Waals surface area (Å²) >= 11 is 7.86. The predicted molar refractivity (Wildman–Crippen MR) is 140 cm³/mol. The minimum atomic E-state index is -0.569. The van der Waals surface area contributed by atoms with Gasteiger partial charge in [-0.25, -0.2) is 0 Å². The summed E-state index contributed by atoms with van der Waals surface area (Å²) in [5.41, 5.74) is 3.45. The Morgan fingerprint density at radius 3 is 2.53 bits per heavy atom. The van der Waals surface area contributed by atoms with Crippen LogP contribution in [0.25, 0.3) is 0 Å². The first-order chi connectivity index (χ1) is 16.3. The van der Waals surface area contributed by atoms with E-state index in [1.807, 2.05) is 35.0 Å². The van der Waals surface area contributed by atoms with Gasteiger partial charge in [-0.3, -0.25) is 14.5 Å². The number of hydrogen-bond acceptors (Lipinski definition) is 4. The van der Waals surface area contributed by atoms with E-state index in [0.717, 1.165) is 25.9 Å². The Morgan fingerprint density at radius 2 is 1.76 bits per heavy atom. The van der Waals surface area contributed by atoms with Crippen molar-refractivity contribution < 1.29 is 9.59 Å². The van der Waals surface area contributed by atoms with Crippen LogP contribution in [0.15, 0.2) is 35.7 Å². The molecule has 5 nitrogen and oxygen atoms in total. The Hall–Kier alpha value is -1.89. The Balaban J connectivity index is 1.40. The Kier molecular flexibility index (Phi) is 8.01. The van der Waals surface area contributed by atoms with Crippen LogP contribution in [-0.4, -0.2) is 71.7 Å². The molecule has 1 atom stereocenters. The molecular weight excluding hydrogens is 466 g/mol. The van der Waals surface area contributed by atoms with Gasteiger partial charge in [-0.15, -0.1) is 22.9 Å². The standard InChI is InChI=1S/C27H36ClN3O2S/c1-20-7-4-5-8-21(20)25-22-11-18-34-23(22)9-14-30(25)15-10-24(32)29-12-6-13-31(17-16-29)26(33)27(2,3)19-28/h4-5,7-8,11,18,25H,6,9-10,12-17,19H2,1-3H3/t25-/m1/s1. The molecule has 1 fully saturated rings. The van der Waals surface area contributed by atoms with Gasteiger partial charge < -0.3 is 9.80 Å². The average Bonchev–Trinajstić information content (AvgIpc) is 3.18. The van der Waals surface area contributed by atoms with Crippen LogP contribution < -0.4 is 0 Å². The van der Waals surface area contributed by atoms with E-state index >= 15 is 0 Å². The lowest BCUT2D eigenvalue weighted by molar-refractivity contribution is -0.139. The Labute approximate surface area is 212 Å². The lowest BCUT2D eigenvalue weighted by Gasteiger charge is -2.37. The zero-order valence-corrected chi connectivity index (χ0v) is 22.1. The van der Waals surface area contributed by atoms with Gasteiger partial charge in [-0.2, -0.15) is 0 Å². The molecule has 0 saturated carbocycles. The van der Waals surface area contributed by atoms with Crippen molar-refractivity contribution in [1.82, 2.24) is 14.7 Å². The minimum Gasteiger partial charge on any atom is -0.341 e. The van der Waals surface area contributed by atoms with Gasteiger partial charge in [0.25, 0.3) is 0 Å². The molecule has 1 aromatic carbocycles. The van der Waals surface area contributed by atoms with Crippen LogP contribution in [-0.2, 0) is 16.0 Å².